The van der Waals surface area contributed by atoms with Gasteiger partial charge in [0.25, 0.3) is 5.91 Å². The number of carbonyl (C=O) groups is 1. The van der Waals surface area contributed by atoms with Gasteiger partial charge >= 0.3 is 6.36 Å². The number of nitrogens with zero attached hydrogens (tertiary/aromatic N) is 2. The normalized spacial score (nSPS) is 20.1. The number of ether oxygens (including phenoxy) is 3. The maximum absolute atomic E-state index is 15.3. The third-order valence-electron chi connectivity index (χ3n) is 7.86. The Bertz CT molecular complexity index is 1340. The van der Waals surface area contributed by atoms with Gasteiger partial charge in [0.15, 0.2) is 5.79 Å². The minimum atomic E-state index is -4.79. The Labute approximate surface area is 216 Å². The lowest BCUT2D eigenvalue weighted by atomic mass is 9.86. The monoisotopic (exact) mass is 533 g/mol. The van der Waals surface area contributed by atoms with Crippen LogP contribution in [-0.4, -0.2) is 59.2 Å². The van der Waals surface area contributed by atoms with E-state index in [0.717, 1.165) is 41.6 Å². The van der Waals surface area contributed by atoms with Crippen molar-refractivity contribution in [2.45, 2.75) is 56.6 Å². The average molecular weight is 534 g/mol. The van der Waals surface area contributed by atoms with Crippen LogP contribution >= 0.6 is 0 Å². The van der Waals surface area contributed by atoms with Gasteiger partial charge in [0, 0.05) is 48.1 Å². The predicted octanol–water partition coefficient (Wildman–Crippen LogP) is 5.24. The largest absolute Gasteiger partial charge is 0.573 e. The lowest BCUT2D eigenvalue weighted by Gasteiger charge is -2.33. The number of halogens is 4. The molecule has 3 aliphatic rings. The summed E-state index contributed by atoms with van der Waals surface area (Å²) in [5.41, 5.74) is 3.70. The summed E-state index contributed by atoms with van der Waals surface area (Å²) in [7, 11) is 0. The molecule has 1 amide bonds. The van der Waals surface area contributed by atoms with Crippen molar-refractivity contribution in [2.75, 3.05) is 26.3 Å². The van der Waals surface area contributed by atoms with Crippen LogP contribution in [-0.2, 0) is 22.3 Å². The molecule has 0 unspecified atom stereocenters. The molecule has 0 atom stereocenters. The van der Waals surface area contributed by atoms with Crippen LogP contribution in [0, 0.1) is 5.82 Å². The molecular formula is C27H27F4N3O4. The van der Waals surface area contributed by atoms with Crippen LogP contribution in [0.4, 0.5) is 17.6 Å². The smallest absolute Gasteiger partial charge is 0.406 e. The van der Waals surface area contributed by atoms with Crippen molar-refractivity contribution in [3.8, 4) is 5.75 Å². The number of hydrogen-bond acceptors (Lipinski definition) is 5. The van der Waals surface area contributed by atoms with E-state index in [1.807, 2.05) is 0 Å². The van der Waals surface area contributed by atoms with Gasteiger partial charge in [-0.3, -0.25) is 4.79 Å². The number of H-pyrrole nitrogens is 1. The Kier molecular flexibility index (Phi) is 6.30. The second kappa shape index (κ2) is 9.53. The van der Waals surface area contributed by atoms with Gasteiger partial charge in [-0.25, -0.2) is 9.37 Å². The summed E-state index contributed by atoms with van der Waals surface area (Å²) in [6.07, 6.45) is 0.446. The Morgan fingerprint density at radius 3 is 2.45 bits per heavy atom. The number of carbonyl (C=O) groups excluding carboxylic acids is 1. The lowest BCUT2D eigenvalue weighted by molar-refractivity contribution is -0.274. The fraction of sp³-hybridized carbons (Fsp3) is 0.481. The summed E-state index contributed by atoms with van der Waals surface area (Å²) < 4.78 is 68.3. The Hall–Kier alpha value is -3.18. The summed E-state index contributed by atoms with van der Waals surface area (Å²) in [6.45, 7) is 1.98. The molecule has 2 aliphatic heterocycles. The van der Waals surface area contributed by atoms with E-state index in [9.17, 15) is 18.0 Å². The Balaban J connectivity index is 1.19. The minimum absolute atomic E-state index is 0.0943. The summed E-state index contributed by atoms with van der Waals surface area (Å²) in [5, 5.41) is 0.833. The van der Waals surface area contributed by atoms with Crippen LogP contribution in [0.2, 0.25) is 0 Å². The number of piperidine rings is 1. The molecule has 2 aromatic heterocycles. The third kappa shape index (κ3) is 4.73. The number of benzene rings is 1. The molecule has 202 valence electrons. The molecule has 1 aromatic carbocycles. The molecule has 38 heavy (non-hydrogen) atoms. The molecule has 11 heteroatoms. The van der Waals surface area contributed by atoms with E-state index in [1.165, 1.54) is 18.3 Å². The van der Waals surface area contributed by atoms with E-state index >= 15 is 4.39 Å². The van der Waals surface area contributed by atoms with Crippen molar-refractivity contribution >= 4 is 16.9 Å². The summed E-state index contributed by atoms with van der Waals surface area (Å²) in [4.78, 5) is 22.4. The first-order chi connectivity index (χ1) is 18.2. The van der Waals surface area contributed by atoms with Crippen molar-refractivity contribution in [2.24, 2.45) is 0 Å². The molecule has 6 rings (SSSR count). The third-order valence-corrected chi connectivity index (χ3v) is 7.86. The molecule has 0 saturated carbocycles. The number of fused-ring (bicyclic) bond motifs is 3. The van der Waals surface area contributed by atoms with Crippen LogP contribution in [0.3, 0.4) is 0 Å². The number of likely N-dealkylation sites (tertiary alicyclic amines) is 1. The van der Waals surface area contributed by atoms with Gasteiger partial charge in [0.05, 0.1) is 19.4 Å². The lowest BCUT2D eigenvalue weighted by Crippen LogP contribution is -2.38. The molecule has 4 heterocycles. The highest BCUT2D eigenvalue weighted by molar-refractivity contribution is 5.94. The Morgan fingerprint density at radius 1 is 1.08 bits per heavy atom. The first kappa shape index (κ1) is 25.1. The van der Waals surface area contributed by atoms with Crippen molar-refractivity contribution in [3.63, 3.8) is 0 Å². The van der Waals surface area contributed by atoms with Gasteiger partial charge < -0.3 is 24.1 Å². The number of aromatic nitrogens is 2. The summed E-state index contributed by atoms with van der Waals surface area (Å²) >= 11 is 0. The van der Waals surface area contributed by atoms with Crippen molar-refractivity contribution < 1.29 is 36.6 Å². The fourth-order valence-electron chi connectivity index (χ4n) is 6.05. The molecule has 7 nitrogen and oxygen atoms in total. The van der Waals surface area contributed by atoms with E-state index < -0.39 is 12.1 Å². The molecule has 1 spiro atoms. The molecule has 0 bridgehead atoms. The highest BCUT2D eigenvalue weighted by Gasteiger charge is 2.39. The zero-order valence-corrected chi connectivity index (χ0v) is 20.6. The number of rotatable bonds is 3. The first-order valence-corrected chi connectivity index (χ1v) is 12.8. The summed E-state index contributed by atoms with van der Waals surface area (Å²) in [6, 6.07) is 4.89. The first-order valence-electron chi connectivity index (χ1n) is 12.8. The van der Waals surface area contributed by atoms with Crippen LogP contribution in [0.1, 0.15) is 58.8 Å². The van der Waals surface area contributed by atoms with Crippen LogP contribution in [0.25, 0.3) is 11.0 Å². The number of amides is 1. The van der Waals surface area contributed by atoms with E-state index in [4.69, 9.17) is 9.47 Å². The van der Waals surface area contributed by atoms with Crippen LogP contribution < -0.4 is 4.74 Å². The number of hydrogen-bond donors (Lipinski definition) is 1. The zero-order valence-electron chi connectivity index (χ0n) is 20.6. The Morgan fingerprint density at radius 2 is 1.76 bits per heavy atom. The highest BCUT2D eigenvalue weighted by Crippen LogP contribution is 2.41. The quantitative estimate of drug-likeness (QED) is 0.466. The highest BCUT2D eigenvalue weighted by atomic mass is 19.4. The number of nitrogens with one attached hydrogen (secondary N) is 1. The summed E-state index contributed by atoms with van der Waals surface area (Å²) in [5.74, 6) is -1.68. The molecule has 2 saturated heterocycles. The van der Waals surface area contributed by atoms with Crippen molar-refractivity contribution in [1.82, 2.24) is 14.9 Å². The maximum atomic E-state index is 15.3. The zero-order chi connectivity index (χ0) is 26.5. The van der Waals surface area contributed by atoms with E-state index in [2.05, 4.69) is 14.7 Å². The SMILES string of the molecule is O=C(c1ccc(OC(F)(F)F)cc1)N1CCC(c2c(F)cnc3[nH]c4c(c23)CCC2(CC4)OCCO2)CC1. The second-order valence-corrected chi connectivity index (χ2v) is 10.1. The molecule has 2 fully saturated rings. The van der Waals surface area contributed by atoms with Gasteiger partial charge in [-0.05, 0) is 61.4 Å². The van der Waals surface area contributed by atoms with E-state index in [1.54, 1.807) is 4.90 Å². The minimum Gasteiger partial charge on any atom is -0.406 e. The average Bonchev–Trinajstić information content (AvgIpc) is 3.45. The second-order valence-electron chi connectivity index (χ2n) is 10.1. The topological polar surface area (TPSA) is 76.7 Å². The standard InChI is InChI=1S/C27H27F4N3O4/c28-20-15-32-24-23(19-5-9-26(36-13-14-37-26)10-6-21(19)33-24)22(20)16-7-11-34(12-8-16)25(35)17-1-3-18(4-2-17)38-27(29,30)31/h1-4,15-16H,5-14H2,(H,32,33). The van der Waals surface area contributed by atoms with E-state index in [0.29, 0.717) is 63.2 Å². The van der Waals surface area contributed by atoms with Crippen LogP contribution in [0.5, 0.6) is 5.75 Å². The number of pyridine rings is 1. The molecule has 3 aromatic rings. The number of aromatic amines is 1. The number of aryl methyl sites for hydroxylation is 2. The van der Waals surface area contributed by atoms with Gasteiger partial charge in [0.1, 0.15) is 17.2 Å². The maximum Gasteiger partial charge on any atom is 0.573 e. The van der Waals surface area contributed by atoms with Gasteiger partial charge in [-0.15, -0.1) is 13.2 Å². The molecule has 0 radical (unpaired) electrons. The fourth-order valence-corrected chi connectivity index (χ4v) is 6.05. The van der Waals surface area contributed by atoms with E-state index in [-0.39, 0.29) is 29.0 Å². The molecular weight excluding hydrogens is 506 g/mol. The van der Waals surface area contributed by atoms with Crippen molar-refractivity contribution in [1.29, 1.82) is 0 Å². The van der Waals surface area contributed by atoms with Crippen molar-refractivity contribution in [3.05, 3.63) is 58.7 Å². The number of alkyl halides is 3. The molecule has 1 aliphatic carbocycles. The van der Waals surface area contributed by atoms with Gasteiger partial charge in [-0.2, -0.15) is 0 Å². The van der Waals surface area contributed by atoms with Gasteiger partial charge in [-0.1, -0.05) is 0 Å². The predicted molar refractivity (Wildman–Crippen MR) is 128 cm³/mol. The van der Waals surface area contributed by atoms with Crippen LogP contribution in [0.15, 0.2) is 30.5 Å². The van der Waals surface area contributed by atoms with Gasteiger partial charge in [0.2, 0.25) is 0 Å². The molecule has 1 N–H and O–H groups in total.